The van der Waals surface area contributed by atoms with Crippen LogP contribution in [0.3, 0.4) is 0 Å². The molecule has 5 nitrogen and oxygen atoms in total. The summed E-state index contributed by atoms with van der Waals surface area (Å²) in [6.45, 7) is 3.64. The SMILES string of the molecule is CCN(C)C(=O)CNCc1cncnc1. The molecule has 0 aliphatic rings. The zero-order chi connectivity index (χ0) is 11.1. The molecule has 0 aliphatic carbocycles. The van der Waals surface area contributed by atoms with E-state index in [2.05, 4.69) is 15.3 Å². The maximum atomic E-state index is 11.4. The highest BCUT2D eigenvalue weighted by Gasteiger charge is 2.04. The summed E-state index contributed by atoms with van der Waals surface area (Å²) in [7, 11) is 1.79. The molecule has 0 saturated carbocycles. The van der Waals surface area contributed by atoms with Gasteiger partial charge in [-0.1, -0.05) is 0 Å². The van der Waals surface area contributed by atoms with E-state index >= 15 is 0 Å². The van der Waals surface area contributed by atoms with Crippen molar-refractivity contribution in [2.75, 3.05) is 20.1 Å². The van der Waals surface area contributed by atoms with Crippen LogP contribution in [0.4, 0.5) is 0 Å². The van der Waals surface area contributed by atoms with Gasteiger partial charge in [-0.3, -0.25) is 4.79 Å². The number of hydrogen-bond acceptors (Lipinski definition) is 4. The van der Waals surface area contributed by atoms with Gasteiger partial charge in [0.05, 0.1) is 6.54 Å². The highest BCUT2D eigenvalue weighted by Crippen LogP contribution is 1.91. The molecule has 0 atom stereocenters. The van der Waals surface area contributed by atoms with Crippen molar-refractivity contribution in [3.8, 4) is 0 Å². The van der Waals surface area contributed by atoms with Crippen molar-refractivity contribution < 1.29 is 4.79 Å². The molecule has 1 amide bonds. The molecule has 0 spiro atoms. The maximum absolute atomic E-state index is 11.4. The Balaban J connectivity index is 2.25. The van der Waals surface area contributed by atoms with Crippen molar-refractivity contribution in [2.45, 2.75) is 13.5 Å². The summed E-state index contributed by atoms with van der Waals surface area (Å²) in [5.74, 6) is 0.0920. The highest BCUT2D eigenvalue weighted by atomic mass is 16.2. The van der Waals surface area contributed by atoms with Gasteiger partial charge >= 0.3 is 0 Å². The van der Waals surface area contributed by atoms with Gasteiger partial charge in [0.2, 0.25) is 5.91 Å². The van der Waals surface area contributed by atoms with E-state index in [1.165, 1.54) is 6.33 Å². The molecular weight excluding hydrogens is 192 g/mol. The lowest BCUT2D eigenvalue weighted by Crippen LogP contribution is -2.35. The van der Waals surface area contributed by atoms with Crippen LogP contribution >= 0.6 is 0 Å². The van der Waals surface area contributed by atoms with E-state index in [1.54, 1.807) is 24.3 Å². The van der Waals surface area contributed by atoms with E-state index < -0.39 is 0 Å². The van der Waals surface area contributed by atoms with Gasteiger partial charge in [0.1, 0.15) is 6.33 Å². The fourth-order valence-electron chi connectivity index (χ4n) is 1.05. The van der Waals surface area contributed by atoms with Crippen molar-refractivity contribution in [3.05, 3.63) is 24.3 Å². The summed E-state index contributed by atoms with van der Waals surface area (Å²) < 4.78 is 0. The molecule has 0 radical (unpaired) electrons. The third kappa shape index (κ3) is 4.03. The van der Waals surface area contributed by atoms with E-state index in [9.17, 15) is 4.79 Å². The minimum Gasteiger partial charge on any atom is -0.345 e. The highest BCUT2D eigenvalue weighted by molar-refractivity contribution is 5.77. The van der Waals surface area contributed by atoms with Crippen molar-refractivity contribution in [2.24, 2.45) is 0 Å². The van der Waals surface area contributed by atoms with Gasteiger partial charge in [-0.05, 0) is 6.92 Å². The Morgan fingerprint density at radius 1 is 1.47 bits per heavy atom. The second-order valence-electron chi connectivity index (χ2n) is 3.26. The van der Waals surface area contributed by atoms with Crippen LogP contribution in [0.15, 0.2) is 18.7 Å². The predicted octanol–water partition coefficient (Wildman–Crippen LogP) is 0.0445. The molecule has 1 aromatic heterocycles. The molecule has 1 rings (SSSR count). The number of hydrogen-bond donors (Lipinski definition) is 1. The molecule has 15 heavy (non-hydrogen) atoms. The lowest BCUT2D eigenvalue weighted by Gasteiger charge is -2.14. The van der Waals surface area contributed by atoms with Gasteiger partial charge in [-0.15, -0.1) is 0 Å². The summed E-state index contributed by atoms with van der Waals surface area (Å²) in [6.07, 6.45) is 4.95. The maximum Gasteiger partial charge on any atom is 0.236 e. The lowest BCUT2D eigenvalue weighted by atomic mass is 10.3. The van der Waals surface area contributed by atoms with E-state index in [4.69, 9.17) is 0 Å². The fourth-order valence-corrected chi connectivity index (χ4v) is 1.05. The van der Waals surface area contributed by atoms with Crippen LogP contribution in [0.5, 0.6) is 0 Å². The first-order valence-electron chi connectivity index (χ1n) is 4.92. The third-order valence-electron chi connectivity index (χ3n) is 2.12. The number of amides is 1. The van der Waals surface area contributed by atoms with Gasteiger partial charge in [0, 0.05) is 38.1 Å². The number of aromatic nitrogens is 2. The number of likely N-dealkylation sites (N-methyl/N-ethyl adjacent to an activating group) is 1. The standard InChI is InChI=1S/C10H16N4O/c1-3-14(2)10(15)7-11-4-9-5-12-8-13-6-9/h5-6,8,11H,3-4,7H2,1-2H3. The Morgan fingerprint density at radius 3 is 2.73 bits per heavy atom. The third-order valence-corrected chi connectivity index (χ3v) is 2.12. The summed E-state index contributed by atoms with van der Waals surface area (Å²) in [5.41, 5.74) is 0.976. The summed E-state index contributed by atoms with van der Waals surface area (Å²) >= 11 is 0. The normalized spacial score (nSPS) is 10.0. The van der Waals surface area contributed by atoms with Gasteiger partial charge in [0.25, 0.3) is 0 Å². The van der Waals surface area contributed by atoms with Crippen LogP contribution in [0.25, 0.3) is 0 Å². The minimum absolute atomic E-state index is 0.0920. The van der Waals surface area contributed by atoms with Crippen molar-refractivity contribution in [1.29, 1.82) is 0 Å². The van der Waals surface area contributed by atoms with Crippen molar-refractivity contribution >= 4 is 5.91 Å². The molecule has 0 saturated heterocycles. The van der Waals surface area contributed by atoms with Gasteiger partial charge in [-0.2, -0.15) is 0 Å². The summed E-state index contributed by atoms with van der Waals surface area (Å²) in [5, 5.41) is 3.05. The van der Waals surface area contributed by atoms with E-state index in [0.29, 0.717) is 13.1 Å². The van der Waals surface area contributed by atoms with Crippen LogP contribution < -0.4 is 5.32 Å². The molecule has 1 aromatic rings. The van der Waals surface area contributed by atoms with E-state index in [-0.39, 0.29) is 5.91 Å². The van der Waals surface area contributed by atoms with Gasteiger partial charge < -0.3 is 10.2 Å². The average Bonchev–Trinajstić information content (AvgIpc) is 2.29. The molecule has 5 heteroatoms. The first-order valence-corrected chi connectivity index (χ1v) is 4.92. The van der Waals surface area contributed by atoms with Crippen LogP contribution in [0, 0.1) is 0 Å². The quantitative estimate of drug-likeness (QED) is 0.742. The predicted molar refractivity (Wildman–Crippen MR) is 57.0 cm³/mol. The number of carbonyl (C=O) groups is 1. The summed E-state index contributed by atoms with van der Waals surface area (Å²) in [6, 6.07) is 0. The topological polar surface area (TPSA) is 58.1 Å². The first-order chi connectivity index (χ1) is 7.24. The molecule has 0 fully saturated rings. The number of rotatable bonds is 5. The lowest BCUT2D eigenvalue weighted by molar-refractivity contribution is -0.128. The summed E-state index contributed by atoms with van der Waals surface area (Å²) in [4.78, 5) is 20.8. The fraction of sp³-hybridized carbons (Fsp3) is 0.500. The Hall–Kier alpha value is -1.49. The monoisotopic (exact) mass is 208 g/mol. The molecule has 0 aromatic carbocycles. The number of carbonyl (C=O) groups excluding carboxylic acids is 1. The second kappa shape index (κ2) is 6.08. The first kappa shape index (κ1) is 11.6. The van der Waals surface area contributed by atoms with Crippen molar-refractivity contribution in [3.63, 3.8) is 0 Å². The van der Waals surface area contributed by atoms with Crippen LogP contribution in [-0.4, -0.2) is 40.9 Å². The smallest absolute Gasteiger partial charge is 0.236 e. The molecule has 1 N–H and O–H groups in total. The second-order valence-corrected chi connectivity index (χ2v) is 3.26. The molecule has 0 aliphatic heterocycles. The van der Waals surface area contributed by atoms with Crippen LogP contribution in [0.1, 0.15) is 12.5 Å². The molecule has 0 bridgehead atoms. The molecule has 0 unspecified atom stereocenters. The Bertz CT molecular complexity index is 302. The average molecular weight is 208 g/mol. The Morgan fingerprint density at radius 2 is 2.13 bits per heavy atom. The van der Waals surface area contributed by atoms with Gasteiger partial charge in [-0.25, -0.2) is 9.97 Å². The molecular formula is C10H16N4O. The zero-order valence-corrected chi connectivity index (χ0v) is 9.10. The zero-order valence-electron chi connectivity index (χ0n) is 9.10. The molecule has 1 heterocycles. The van der Waals surface area contributed by atoms with E-state index in [1.807, 2.05) is 6.92 Å². The van der Waals surface area contributed by atoms with Crippen LogP contribution in [0.2, 0.25) is 0 Å². The Kier molecular flexibility index (Phi) is 4.70. The van der Waals surface area contributed by atoms with Gasteiger partial charge in [0.15, 0.2) is 0 Å². The number of nitrogens with one attached hydrogen (secondary N) is 1. The largest absolute Gasteiger partial charge is 0.345 e. The minimum atomic E-state index is 0.0920. The Labute approximate surface area is 89.5 Å². The van der Waals surface area contributed by atoms with E-state index in [0.717, 1.165) is 12.1 Å². The number of nitrogens with zero attached hydrogens (tertiary/aromatic N) is 3. The van der Waals surface area contributed by atoms with Crippen molar-refractivity contribution in [1.82, 2.24) is 20.2 Å². The molecule has 82 valence electrons. The van der Waals surface area contributed by atoms with Crippen LogP contribution in [-0.2, 0) is 11.3 Å².